The number of piperidine rings is 1. The van der Waals surface area contributed by atoms with Gasteiger partial charge in [-0.15, -0.1) is 0 Å². The Balaban J connectivity index is 1.60. The molecule has 0 aliphatic carbocycles. The Labute approximate surface area is 173 Å². The van der Waals surface area contributed by atoms with Crippen molar-refractivity contribution in [3.05, 3.63) is 65.7 Å². The van der Waals surface area contributed by atoms with Gasteiger partial charge in [0.05, 0.1) is 5.60 Å². The largest absolute Gasteiger partial charge is 0.489 e. The van der Waals surface area contributed by atoms with Gasteiger partial charge in [-0.3, -0.25) is 0 Å². The second-order valence-corrected chi connectivity index (χ2v) is 8.46. The number of likely N-dealkylation sites (tertiary alicyclic amines) is 1. The minimum absolute atomic E-state index is 0.258. The van der Waals surface area contributed by atoms with Crippen molar-refractivity contribution < 1.29 is 19.0 Å². The van der Waals surface area contributed by atoms with Gasteiger partial charge in [-0.25, -0.2) is 4.79 Å². The Hall–Kier alpha value is -2.53. The van der Waals surface area contributed by atoms with Gasteiger partial charge in [-0.2, -0.15) is 0 Å². The normalized spacial score (nSPS) is 16.3. The number of ether oxygens (including phenoxy) is 3. The van der Waals surface area contributed by atoms with Crippen LogP contribution in [0, 0.1) is 0 Å². The summed E-state index contributed by atoms with van der Waals surface area (Å²) in [4.78, 5) is 14.1. The highest BCUT2D eigenvalue weighted by Gasteiger charge is 2.38. The standard InChI is InChI=1S/C24H31NO4/c1-23(2,3)29-22(26)25-16-14-24(27-4,15-17-25)20-10-12-21(13-11-20)28-18-19-8-6-5-7-9-19/h5-13H,14-18H2,1-4H3. The number of nitrogens with zero attached hydrogens (tertiary/aromatic N) is 1. The zero-order chi connectivity index (χ0) is 20.9. The van der Waals surface area contributed by atoms with Crippen LogP contribution in [0.2, 0.25) is 0 Å². The lowest BCUT2D eigenvalue weighted by atomic mass is 9.84. The van der Waals surface area contributed by atoms with E-state index in [1.807, 2.05) is 63.2 Å². The van der Waals surface area contributed by atoms with Gasteiger partial charge >= 0.3 is 6.09 Å². The van der Waals surface area contributed by atoms with Crippen molar-refractivity contribution >= 4 is 6.09 Å². The van der Waals surface area contributed by atoms with Gasteiger partial charge in [-0.05, 0) is 56.9 Å². The Kier molecular flexibility index (Phi) is 6.48. The summed E-state index contributed by atoms with van der Waals surface area (Å²) >= 11 is 0. The molecule has 1 aliphatic heterocycles. The highest BCUT2D eigenvalue weighted by atomic mass is 16.6. The second kappa shape index (κ2) is 8.87. The minimum atomic E-state index is -0.484. The Bertz CT molecular complexity index is 788. The molecular weight excluding hydrogens is 366 g/mol. The number of hydrogen-bond acceptors (Lipinski definition) is 4. The number of carbonyl (C=O) groups excluding carboxylic acids is 1. The van der Waals surface area contributed by atoms with E-state index in [9.17, 15) is 4.79 Å². The maximum Gasteiger partial charge on any atom is 0.410 e. The van der Waals surface area contributed by atoms with E-state index in [-0.39, 0.29) is 6.09 Å². The van der Waals surface area contributed by atoms with E-state index in [0.29, 0.717) is 19.7 Å². The van der Waals surface area contributed by atoms with Crippen LogP contribution >= 0.6 is 0 Å². The first-order valence-electron chi connectivity index (χ1n) is 10.1. The number of benzene rings is 2. The SMILES string of the molecule is COC1(c2ccc(OCc3ccccc3)cc2)CCN(C(=O)OC(C)(C)C)CC1. The van der Waals surface area contributed by atoms with Crippen molar-refractivity contribution in [2.24, 2.45) is 0 Å². The van der Waals surface area contributed by atoms with Crippen LogP contribution in [-0.4, -0.2) is 36.8 Å². The second-order valence-electron chi connectivity index (χ2n) is 8.46. The zero-order valence-electron chi connectivity index (χ0n) is 17.8. The molecule has 0 bridgehead atoms. The molecule has 2 aromatic rings. The molecule has 5 heteroatoms. The molecule has 0 saturated carbocycles. The third kappa shape index (κ3) is 5.51. The van der Waals surface area contributed by atoms with Crippen molar-refractivity contribution in [1.82, 2.24) is 4.90 Å². The van der Waals surface area contributed by atoms with Crippen molar-refractivity contribution in [1.29, 1.82) is 0 Å². The van der Waals surface area contributed by atoms with Crippen molar-refractivity contribution in [3.63, 3.8) is 0 Å². The maximum absolute atomic E-state index is 12.3. The number of carbonyl (C=O) groups is 1. The summed E-state index contributed by atoms with van der Waals surface area (Å²) in [6, 6.07) is 18.2. The predicted octanol–water partition coefficient (Wildman–Crippen LogP) is 5.14. The molecule has 156 valence electrons. The molecule has 1 fully saturated rings. The third-order valence-corrected chi connectivity index (χ3v) is 5.24. The summed E-state index contributed by atoms with van der Waals surface area (Å²) in [5, 5.41) is 0. The van der Waals surface area contributed by atoms with Crippen molar-refractivity contribution in [3.8, 4) is 5.75 Å². The van der Waals surface area contributed by atoms with E-state index in [0.717, 1.165) is 29.7 Å². The van der Waals surface area contributed by atoms with Crippen LogP contribution in [-0.2, 0) is 21.7 Å². The van der Waals surface area contributed by atoms with Crippen LogP contribution in [0.4, 0.5) is 4.79 Å². The summed E-state index contributed by atoms with van der Waals surface area (Å²) in [5.74, 6) is 0.829. The van der Waals surface area contributed by atoms with Gasteiger partial charge < -0.3 is 19.1 Å². The zero-order valence-corrected chi connectivity index (χ0v) is 17.8. The summed E-state index contributed by atoms with van der Waals surface area (Å²) in [6.45, 7) is 7.41. The molecular formula is C24H31NO4. The highest BCUT2D eigenvalue weighted by molar-refractivity contribution is 5.68. The molecule has 1 heterocycles. The predicted molar refractivity (Wildman–Crippen MR) is 113 cm³/mol. The molecule has 0 aromatic heterocycles. The maximum atomic E-state index is 12.3. The molecule has 0 atom stereocenters. The first-order chi connectivity index (χ1) is 13.8. The molecule has 2 aromatic carbocycles. The molecule has 1 amide bonds. The van der Waals surface area contributed by atoms with E-state index in [1.165, 1.54) is 0 Å². The van der Waals surface area contributed by atoms with Gasteiger partial charge in [0.25, 0.3) is 0 Å². The molecule has 0 radical (unpaired) electrons. The van der Waals surface area contributed by atoms with Crippen LogP contribution in [0.3, 0.4) is 0 Å². The molecule has 1 aliphatic rings. The molecule has 0 N–H and O–H groups in total. The van der Waals surface area contributed by atoms with Crippen LogP contribution < -0.4 is 4.74 Å². The van der Waals surface area contributed by atoms with Crippen LogP contribution in [0.5, 0.6) is 5.75 Å². The molecule has 1 saturated heterocycles. The number of methoxy groups -OCH3 is 1. The number of hydrogen-bond donors (Lipinski definition) is 0. The first kappa shape index (κ1) is 21.2. The number of rotatable bonds is 5. The summed E-state index contributed by atoms with van der Waals surface area (Å²) < 4.78 is 17.3. The average molecular weight is 398 g/mol. The fourth-order valence-corrected chi connectivity index (χ4v) is 3.58. The Morgan fingerprint density at radius 2 is 1.62 bits per heavy atom. The summed E-state index contributed by atoms with van der Waals surface area (Å²) in [5.41, 5.74) is 1.37. The fraction of sp³-hybridized carbons (Fsp3) is 0.458. The highest BCUT2D eigenvalue weighted by Crippen LogP contribution is 2.37. The number of amides is 1. The van der Waals surface area contributed by atoms with E-state index in [4.69, 9.17) is 14.2 Å². The quantitative estimate of drug-likeness (QED) is 0.701. The molecule has 29 heavy (non-hydrogen) atoms. The molecule has 0 unspecified atom stereocenters. The van der Waals surface area contributed by atoms with Crippen LogP contribution in [0.1, 0.15) is 44.7 Å². The monoisotopic (exact) mass is 397 g/mol. The Morgan fingerprint density at radius 1 is 1.00 bits per heavy atom. The van der Waals surface area contributed by atoms with Gasteiger partial charge in [0.15, 0.2) is 0 Å². The van der Waals surface area contributed by atoms with E-state index >= 15 is 0 Å². The van der Waals surface area contributed by atoms with E-state index in [2.05, 4.69) is 12.1 Å². The molecule has 0 spiro atoms. The Morgan fingerprint density at radius 3 is 2.17 bits per heavy atom. The molecule has 3 rings (SSSR count). The fourth-order valence-electron chi connectivity index (χ4n) is 3.58. The lowest BCUT2D eigenvalue weighted by molar-refractivity contribution is -0.0651. The van der Waals surface area contributed by atoms with Crippen LogP contribution in [0.15, 0.2) is 54.6 Å². The van der Waals surface area contributed by atoms with Gasteiger partial charge in [-0.1, -0.05) is 42.5 Å². The topological polar surface area (TPSA) is 48.0 Å². The van der Waals surface area contributed by atoms with Crippen LogP contribution in [0.25, 0.3) is 0 Å². The third-order valence-electron chi connectivity index (χ3n) is 5.24. The van der Waals surface area contributed by atoms with Gasteiger partial charge in [0.2, 0.25) is 0 Å². The molecule has 5 nitrogen and oxygen atoms in total. The average Bonchev–Trinajstić information content (AvgIpc) is 2.72. The van der Waals surface area contributed by atoms with E-state index < -0.39 is 11.2 Å². The summed E-state index contributed by atoms with van der Waals surface area (Å²) in [6.07, 6.45) is 1.20. The van der Waals surface area contributed by atoms with Gasteiger partial charge in [0.1, 0.15) is 18.0 Å². The minimum Gasteiger partial charge on any atom is -0.489 e. The van der Waals surface area contributed by atoms with E-state index in [1.54, 1.807) is 12.0 Å². The van der Waals surface area contributed by atoms with Crippen molar-refractivity contribution in [2.75, 3.05) is 20.2 Å². The lowest BCUT2D eigenvalue weighted by Gasteiger charge is -2.41. The lowest BCUT2D eigenvalue weighted by Crippen LogP contribution is -2.47. The summed E-state index contributed by atoms with van der Waals surface area (Å²) in [7, 11) is 1.74. The smallest absolute Gasteiger partial charge is 0.410 e. The van der Waals surface area contributed by atoms with Crippen molar-refractivity contribution in [2.45, 2.75) is 51.4 Å². The first-order valence-corrected chi connectivity index (χ1v) is 10.1. The van der Waals surface area contributed by atoms with Gasteiger partial charge in [0, 0.05) is 20.2 Å².